The van der Waals surface area contributed by atoms with Crippen LogP contribution in [0.25, 0.3) is 0 Å². The molecule has 1 saturated heterocycles. The van der Waals surface area contributed by atoms with Gasteiger partial charge in [0.1, 0.15) is 0 Å². The van der Waals surface area contributed by atoms with Gasteiger partial charge in [-0.2, -0.15) is 5.10 Å². The smallest absolute Gasteiger partial charge is 0.224 e. The summed E-state index contributed by atoms with van der Waals surface area (Å²) in [4.78, 5) is 17.1. The number of aromatic nitrogens is 2. The zero-order chi connectivity index (χ0) is 16.9. The van der Waals surface area contributed by atoms with Crippen LogP contribution in [0.5, 0.6) is 0 Å². The number of amides is 1. The van der Waals surface area contributed by atoms with Crippen LogP contribution >= 0.6 is 0 Å². The first kappa shape index (κ1) is 16.7. The first-order chi connectivity index (χ1) is 11.7. The van der Waals surface area contributed by atoms with Crippen LogP contribution in [-0.4, -0.2) is 44.6 Å². The molecule has 0 radical (unpaired) electrons. The largest absolute Gasteiger partial charge is 0.334 e. The number of rotatable bonds is 5. The maximum absolute atomic E-state index is 12.7. The van der Waals surface area contributed by atoms with Crippen LogP contribution < -0.4 is 0 Å². The van der Waals surface area contributed by atoms with Gasteiger partial charge in [-0.25, -0.2) is 0 Å². The molecule has 24 heavy (non-hydrogen) atoms. The normalized spacial score (nSPS) is 19.5. The van der Waals surface area contributed by atoms with Crippen molar-refractivity contribution in [1.29, 1.82) is 0 Å². The molecule has 0 saturated carbocycles. The topological polar surface area (TPSA) is 41.4 Å². The minimum absolute atomic E-state index is 0.261. The zero-order valence-electron chi connectivity index (χ0n) is 14.6. The molecule has 0 aliphatic carbocycles. The second kappa shape index (κ2) is 7.62. The van der Waals surface area contributed by atoms with Crippen LogP contribution in [0, 0.1) is 0 Å². The van der Waals surface area contributed by atoms with Crippen LogP contribution in [0.2, 0.25) is 0 Å². The summed E-state index contributed by atoms with van der Waals surface area (Å²) in [6, 6.07) is 10.5. The zero-order valence-corrected chi connectivity index (χ0v) is 14.6. The highest BCUT2D eigenvalue weighted by Crippen LogP contribution is 2.19. The van der Waals surface area contributed by atoms with Crippen molar-refractivity contribution in [2.24, 2.45) is 7.05 Å². The van der Waals surface area contributed by atoms with E-state index in [4.69, 9.17) is 0 Å². The van der Waals surface area contributed by atoms with E-state index in [9.17, 15) is 4.79 Å². The van der Waals surface area contributed by atoms with Gasteiger partial charge in [-0.3, -0.25) is 14.4 Å². The first-order valence-corrected chi connectivity index (χ1v) is 8.69. The van der Waals surface area contributed by atoms with Gasteiger partial charge >= 0.3 is 0 Å². The van der Waals surface area contributed by atoms with Crippen molar-refractivity contribution in [1.82, 2.24) is 19.6 Å². The fourth-order valence-electron chi connectivity index (χ4n) is 3.39. The Balaban J connectivity index is 1.71. The summed E-state index contributed by atoms with van der Waals surface area (Å²) in [6.45, 7) is 5.47. The summed E-state index contributed by atoms with van der Waals surface area (Å²) in [5.41, 5.74) is 2.40. The van der Waals surface area contributed by atoms with E-state index in [0.29, 0.717) is 13.0 Å². The fraction of sp³-hybridized carbons (Fsp3) is 0.474. The molecule has 0 spiro atoms. The van der Waals surface area contributed by atoms with E-state index < -0.39 is 0 Å². The number of carbonyl (C=O) groups excluding carboxylic acids is 1. The predicted octanol–water partition coefficient (Wildman–Crippen LogP) is 2.43. The summed E-state index contributed by atoms with van der Waals surface area (Å²) >= 11 is 0. The lowest BCUT2D eigenvalue weighted by atomic mass is 10.1. The van der Waals surface area contributed by atoms with E-state index in [1.54, 1.807) is 0 Å². The van der Waals surface area contributed by atoms with Crippen LogP contribution in [0.3, 0.4) is 0 Å². The molecule has 2 aromatic rings. The highest BCUT2D eigenvalue weighted by molar-refractivity contribution is 5.77. The molecule has 3 rings (SSSR count). The number of nitrogens with zero attached hydrogens (tertiary/aromatic N) is 4. The average molecular weight is 326 g/mol. The molecular formula is C19H26N4O. The third-order valence-electron chi connectivity index (χ3n) is 4.70. The van der Waals surface area contributed by atoms with Gasteiger partial charge < -0.3 is 4.90 Å². The Hall–Kier alpha value is -2.14. The monoisotopic (exact) mass is 326 g/mol. The van der Waals surface area contributed by atoms with Crippen molar-refractivity contribution in [2.75, 3.05) is 13.1 Å². The van der Waals surface area contributed by atoms with Gasteiger partial charge in [-0.1, -0.05) is 37.3 Å². The third kappa shape index (κ3) is 4.03. The summed E-state index contributed by atoms with van der Waals surface area (Å²) < 4.78 is 1.83. The average Bonchev–Trinajstić information content (AvgIpc) is 2.94. The Morgan fingerprint density at radius 3 is 2.62 bits per heavy atom. The van der Waals surface area contributed by atoms with E-state index in [2.05, 4.69) is 40.2 Å². The van der Waals surface area contributed by atoms with Crippen molar-refractivity contribution in [3.05, 3.63) is 53.9 Å². The minimum atomic E-state index is 0.261. The quantitative estimate of drug-likeness (QED) is 0.847. The van der Waals surface area contributed by atoms with Gasteiger partial charge in [-0.05, 0) is 12.0 Å². The second-order valence-corrected chi connectivity index (χ2v) is 6.58. The Kier molecular flexibility index (Phi) is 5.30. The lowest BCUT2D eigenvalue weighted by molar-refractivity contribution is -0.133. The predicted molar refractivity (Wildman–Crippen MR) is 94.2 cm³/mol. The number of carbonyl (C=O) groups is 1. The number of hydrogen-bond acceptors (Lipinski definition) is 3. The van der Waals surface area contributed by atoms with E-state index in [1.165, 1.54) is 11.1 Å². The van der Waals surface area contributed by atoms with E-state index in [0.717, 1.165) is 26.1 Å². The van der Waals surface area contributed by atoms with Crippen LogP contribution in [0.15, 0.2) is 42.7 Å². The maximum Gasteiger partial charge on any atom is 0.224 e. The van der Waals surface area contributed by atoms with E-state index in [1.807, 2.05) is 36.1 Å². The first-order valence-electron chi connectivity index (χ1n) is 8.69. The van der Waals surface area contributed by atoms with E-state index >= 15 is 0 Å². The molecule has 1 aliphatic heterocycles. The van der Waals surface area contributed by atoms with Crippen molar-refractivity contribution >= 4 is 5.91 Å². The Morgan fingerprint density at radius 2 is 1.96 bits per heavy atom. The lowest BCUT2D eigenvalue weighted by Crippen LogP contribution is -2.42. The molecule has 1 aromatic heterocycles. The molecule has 1 aliphatic rings. The summed E-state index contributed by atoms with van der Waals surface area (Å²) in [7, 11) is 1.94. The Labute approximate surface area is 143 Å². The summed E-state index contributed by atoms with van der Waals surface area (Å²) in [5, 5.41) is 4.24. The molecule has 1 amide bonds. The number of aryl methyl sites for hydroxylation is 1. The highest BCUT2D eigenvalue weighted by Gasteiger charge is 2.28. The standard InChI is InChI=1S/C19H26N4O/c1-3-18-15-22(13-17-11-20-21(2)12-17)10-9-19(24)23(18)14-16-7-5-4-6-8-16/h4-8,11-12,18H,3,9-10,13-15H2,1-2H3/t18-/m1/s1. The molecule has 0 unspecified atom stereocenters. The van der Waals surface area contributed by atoms with Crippen molar-refractivity contribution in [3.8, 4) is 0 Å². The van der Waals surface area contributed by atoms with Gasteiger partial charge in [0.15, 0.2) is 0 Å². The Morgan fingerprint density at radius 1 is 1.17 bits per heavy atom. The van der Waals surface area contributed by atoms with Gasteiger partial charge in [0, 0.05) is 57.4 Å². The molecule has 5 heteroatoms. The van der Waals surface area contributed by atoms with Crippen molar-refractivity contribution in [2.45, 2.75) is 38.9 Å². The van der Waals surface area contributed by atoms with Crippen molar-refractivity contribution in [3.63, 3.8) is 0 Å². The van der Waals surface area contributed by atoms with Gasteiger partial charge in [0.25, 0.3) is 0 Å². The molecule has 0 bridgehead atoms. The molecule has 1 fully saturated rings. The van der Waals surface area contributed by atoms with Crippen LogP contribution in [-0.2, 0) is 24.9 Å². The van der Waals surface area contributed by atoms with Crippen molar-refractivity contribution < 1.29 is 4.79 Å². The summed E-state index contributed by atoms with van der Waals surface area (Å²) in [5.74, 6) is 0.263. The molecule has 0 N–H and O–H groups in total. The van der Waals surface area contributed by atoms with Gasteiger partial charge in [0.05, 0.1) is 6.20 Å². The Bertz CT molecular complexity index is 667. The van der Waals surface area contributed by atoms with Gasteiger partial charge in [0.2, 0.25) is 5.91 Å². The fourth-order valence-corrected chi connectivity index (χ4v) is 3.39. The molecule has 1 atom stereocenters. The third-order valence-corrected chi connectivity index (χ3v) is 4.70. The molecule has 1 aromatic carbocycles. The summed E-state index contributed by atoms with van der Waals surface area (Å²) in [6.07, 6.45) is 5.52. The lowest BCUT2D eigenvalue weighted by Gasteiger charge is -2.31. The molecular weight excluding hydrogens is 300 g/mol. The second-order valence-electron chi connectivity index (χ2n) is 6.58. The highest BCUT2D eigenvalue weighted by atomic mass is 16.2. The maximum atomic E-state index is 12.7. The van der Waals surface area contributed by atoms with Crippen LogP contribution in [0.1, 0.15) is 30.9 Å². The van der Waals surface area contributed by atoms with Gasteiger partial charge in [-0.15, -0.1) is 0 Å². The SMILES string of the molecule is CC[C@@H]1CN(Cc2cnn(C)c2)CCC(=O)N1Cc1ccccc1. The minimum Gasteiger partial charge on any atom is -0.334 e. The number of hydrogen-bond donors (Lipinski definition) is 0. The molecule has 2 heterocycles. The van der Waals surface area contributed by atoms with E-state index in [-0.39, 0.29) is 11.9 Å². The van der Waals surface area contributed by atoms with Crippen LogP contribution in [0.4, 0.5) is 0 Å². The molecule has 128 valence electrons. The molecule has 5 nitrogen and oxygen atoms in total. The number of benzene rings is 1.